The lowest BCUT2D eigenvalue weighted by Gasteiger charge is -1.85. The molecule has 5 heavy (non-hydrogen) atoms. The van der Waals surface area contributed by atoms with Gasteiger partial charge in [-0.25, -0.2) is 5.11 Å². The second-order valence-corrected chi connectivity index (χ2v) is 1.01. The van der Waals surface area contributed by atoms with Crippen LogP contribution in [0.3, 0.4) is 0 Å². The molecule has 2 nitrogen and oxygen atoms in total. The van der Waals surface area contributed by atoms with Gasteiger partial charge in [0.2, 0.25) is 0 Å². The minimum atomic E-state index is -0.699. The third-order valence-corrected chi connectivity index (χ3v) is 0.287. The SMILES string of the molecule is CC([O])C[NH]. The van der Waals surface area contributed by atoms with Crippen molar-refractivity contribution in [2.75, 3.05) is 6.54 Å². The molecule has 0 spiro atoms. The smallest absolute Gasteiger partial charge is 0.104 e. The third-order valence-electron chi connectivity index (χ3n) is 0.287. The second kappa shape index (κ2) is 2.18. The van der Waals surface area contributed by atoms with E-state index in [1.807, 2.05) is 0 Å². The van der Waals surface area contributed by atoms with Crippen LogP contribution in [-0.2, 0) is 5.11 Å². The van der Waals surface area contributed by atoms with E-state index in [0.29, 0.717) is 0 Å². The first kappa shape index (κ1) is 4.92. The van der Waals surface area contributed by atoms with Crippen molar-refractivity contribution in [3.8, 4) is 0 Å². The first-order valence-electron chi connectivity index (χ1n) is 1.57. The molecule has 1 atom stereocenters. The van der Waals surface area contributed by atoms with Gasteiger partial charge in [0.1, 0.15) is 6.10 Å². The van der Waals surface area contributed by atoms with E-state index in [9.17, 15) is 5.11 Å². The molecular formula is C3H7NO. The largest absolute Gasteiger partial charge is 0.255 e. The zero-order valence-corrected chi connectivity index (χ0v) is 3.19. The molecule has 0 aromatic heterocycles. The molecule has 2 radical (unpaired) electrons. The van der Waals surface area contributed by atoms with E-state index < -0.39 is 6.10 Å². The van der Waals surface area contributed by atoms with Gasteiger partial charge in [0.15, 0.2) is 0 Å². The molecular weight excluding hydrogens is 66.0 g/mol. The van der Waals surface area contributed by atoms with E-state index in [1.165, 1.54) is 6.92 Å². The van der Waals surface area contributed by atoms with E-state index in [4.69, 9.17) is 5.73 Å². The van der Waals surface area contributed by atoms with E-state index in [1.54, 1.807) is 0 Å². The van der Waals surface area contributed by atoms with Gasteiger partial charge in [-0.2, -0.15) is 0 Å². The van der Waals surface area contributed by atoms with Crippen LogP contribution in [0.5, 0.6) is 0 Å². The number of nitrogens with one attached hydrogen (secondary N) is 1. The maximum absolute atomic E-state index is 9.71. The van der Waals surface area contributed by atoms with Gasteiger partial charge in [0.05, 0.1) is 0 Å². The highest BCUT2D eigenvalue weighted by Gasteiger charge is 1.86. The maximum atomic E-state index is 9.71. The van der Waals surface area contributed by atoms with Gasteiger partial charge in [0, 0.05) is 6.54 Å². The quantitative estimate of drug-likeness (QED) is 0.422. The fourth-order valence-electron chi connectivity index (χ4n) is 0. The molecule has 0 saturated carbocycles. The summed E-state index contributed by atoms with van der Waals surface area (Å²) >= 11 is 0. The lowest BCUT2D eigenvalue weighted by atomic mass is 10.4. The van der Waals surface area contributed by atoms with Gasteiger partial charge < -0.3 is 0 Å². The van der Waals surface area contributed by atoms with Gasteiger partial charge in [-0.05, 0) is 6.92 Å². The van der Waals surface area contributed by atoms with Crippen LogP contribution in [0.4, 0.5) is 0 Å². The molecule has 2 heteroatoms. The van der Waals surface area contributed by atoms with E-state index >= 15 is 0 Å². The Balaban J connectivity index is 2.54. The van der Waals surface area contributed by atoms with Crippen LogP contribution in [-0.4, -0.2) is 12.6 Å². The summed E-state index contributed by atoms with van der Waals surface area (Å²) in [7, 11) is 0. The molecule has 0 aromatic rings. The highest BCUT2D eigenvalue weighted by atomic mass is 16.3. The predicted molar refractivity (Wildman–Crippen MR) is 18.1 cm³/mol. The average Bonchev–Trinajstić information content (AvgIpc) is 1.38. The van der Waals surface area contributed by atoms with Crippen molar-refractivity contribution in [1.29, 1.82) is 0 Å². The summed E-state index contributed by atoms with van der Waals surface area (Å²) in [6.45, 7) is 1.48. The normalized spacial score (nSPS) is 15.0. The van der Waals surface area contributed by atoms with Crippen molar-refractivity contribution < 1.29 is 5.11 Å². The Morgan fingerprint density at radius 1 is 2.00 bits per heavy atom. The summed E-state index contributed by atoms with van der Waals surface area (Å²) in [6.07, 6.45) is -0.699. The molecule has 0 aliphatic carbocycles. The first-order valence-corrected chi connectivity index (χ1v) is 1.57. The van der Waals surface area contributed by atoms with Crippen LogP contribution in [0.25, 0.3) is 0 Å². The lowest BCUT2D eigenvalue weighted by Crippen LogP contribution is -2.03. The van der Waals surface area contributed by atoms with Crippen molar-refractivity contribution in [2.24, 2.45) is 0 Å². The Labute approximate surface area is 31.6 Å². The van der Waals surface area contributed by atoms with Crippen LogP contribution in [0.2, 0.25) is 0 Å². The first-order chi connectivity index (χ1) is 2.27. The summed E-state index contributed by atoms with van der Waals surface area (Å²) < 4.78 is 0. The molecule has 0 aliphatic rings. The van der Waals surface area contributed by atoms with Gasteiger partial charge >= 0.3 is 0 Å². The molecule has 0 aliphatic heterocycles. The molecule has 1 unspecified atom stereocenters. The Morgan fingerprint density at radius 3 is 2.20 bits per heavy atom. The van der Waals surface area contributed by atoms with E-state index in [-0.39, 0.29) is 6.54 Å². The van der Waals surface area contributed by atoms with Crippen LogP contribution >= 0.6 is 0 Å². The molecule has 0 amide bonds. The lowest BCUT2D eigenvalue weighted by molar-refractivity contribution is 0.111. The molecule has 0 aromatic carbocycles. The van der Waals surface area contributed by atoms with Crippen molar-refractivity contribution in [2.45, 2.75) is 13.0 Å². The van der Waals surface area contributed by atoms with Crippen LogP contribution in [0.15, 0.2) is 0 Å². The molecule has 0 fully saturated rings. The van der Waals surface area contributed by atoms with Gasteiger partial charge in [-0.3, -0.25) is 5.73 Å². The fourth-order valence-corrected chi connectivity index (χ4v) is 0. The van der Waals surface area contributed by atoms with Gasteiger partial charge in [0.25, 0.3) is 0 Å². The van der Waals surface area contributed by atoms with E-state index in [2.05, 4.69) is 0 Å². The Bertz CT molecular complexity index is 20.9. The zero-order chi connectivity index (χ0) is 4.28. The van der Waals surface area contributed by atoms with E-state index in [0.717, 1.165) is 0 Å². The summed E-state index contributed by atoms with van der Waals surface area (Å²) in [4.78, 5) is 0. The van der Waals surface area contributed by atoms with Crippen LogP contribution < -0.4 is 5.73 Å². The average molecular weight is 73.1 g/mol. The van der Waals surface area contributed by atoms with Crippen molar-refractivity contribution >= 4 is 0 Å². The van der Waals surface area contributed by atoms with Crippen LogP contribution in [0, 0.1) is 0 Å². The molecule has 1 N–H and O–H groups in total. The summed E-state index contributed by atoms with van der Waals surface area (Å²) in [5.41, 5.74) is 6.34. The third kappa shape index (κ3) is 3.92. The fraction of sp³-hybridized carbons (Fsp3) is 1.00. The number of hydrogen-bond donors (Lipinski definition) is 0. The minimum absolute atomic E-state index is 0. The highest BCUT2D eigenvalue weighted by Crippen LogP contribution is 1.69. The summed E-state index contributed by atoms with van der Waals surface area (Å²) in [6, 6.07) is 0. The molecule has 30 valence electrons. The predicted octanol–water partition coefficient (Wildman–Crippen LogP) is 0.0883. The second-order valence-electron chi connectivity index (χ2n) is 1.01. The molecule has 0 bridgehead atoms. The molecule has 0 heterocycles. The van der Waals surface area contributed by atoms with Crippen molar-refractivity contribution in [3.63, 3.8) is 0 Å². The number of rotatable bonds is 1. The molecule has 0 rings (SSSR count). The zero-order valence-electron chi connectivity index (χ0n) is 3.19. The van der Waals surface area contributed by atoms with Crippen LogP contribution in [0.1, 0.15) is 6.92 Å². The summed E-state index contributed by atoms with van der Waals surface area (Å²) in [5, 5.41) is 9.71. The molecule has 0 saturated heterocycles. The standard InChI is InChI=1S/C3H7NO/c1-3(5)2-4/h3-4H,2H2,1H3. The monoisotopic (exact) mass is 73.1 g/mol. The topological polar surface area (TPSA) is 43.7 Å². The minimum Gasteiger partial charge on any atom is -0.255 e. The summed E-state index contributed by atoms with van der Waals surface area (Å²) in [5.74, 6) is 0. The van der Waals surface area contributed by atoms with Gasteiger partial charge in [-0.15, -0.1) is 0 Å². The highest BCUT2D eigenvalue weighted by molar-refractivity contribution is 4.38. The number of hydrogen-bond acceptors (Lipinski definition) is 0. The Hall–Kier alpha value is -0.0800. The Kier molecular flexibility index (Phi) is 2.14. The Morgan fingerprint density at radius 2 is 2.20 bits per heavy atom. The van der Waals surface area contributed by atoms with Crippen molar-refractivity contribution in [3.05, 3.63) is 0 Å². The maximum Gasteiger partial charge on any atom is 0.104 e. The van der Waals surface area contributed by atoms with Crippen molar-refractivity contribution in [1.82, 2.24) is 5.73 Å². The van der Waals surface area contributed by atoms with Gasteiger partial charge in [-0.1, -0.05) is 0 Å².